The van der Waals surface area contributed by atoms with Gasteiger partial charge in [-0.15, -0.1) is 24.0 Å². The van der Waals surface area contributed by atoms with Crippen molar-refractivity contribution in [2.45, 2.75) is 64.6 Å². The van der Waals surface area contributed by atoms with E-state index in [2.05, 4.69) is 46.7 Å². The zero-order valence-corrected chi connectivity index (χ0v) is 19.6. The van der Waals surface area contributed by atoms with E-state index in [1.807, 2.05) is 0 Å². The van der Waals surface area contributed by atoms with E-state index in [0.29, 0.717) is 12.6 Å². The van der Waals surface area contributed by atoms with Gasteiger partial charge in [0.05, 0.1) is 12.6 Å². The molecule has 0 aliphatic carbocycles. The summed E-state index contributed by atoms with van der Waals surface area (Å²) in [4.78, 5) is 7.33. The highest BCUT2D eigenvalue weighted by Gasteiger charge is 2.15. The molecule has 1 atom stereocenters. The molecule has 1 unspecified atom stereocenters. The third-order valence-electron chi connectivity index (χ3n) is 5.41. The molecule has 0 amide bonds. The van der Waals surface area contributed by atoms with Gasteiger partial charge in [-0.3, -0.25) is 4.90 Å². The fourth-order valence-electron chi connectivity index (χ4n) is 3.83. The summed E-state index contributed by atoms with van der Waals surface area (Å²) in [6, 6.07) is 8.98. The number of rotatable bonds is 7. The molecular weight excluding hydrogens is 463 g/mol. The van der Waals surface area contributed by atoms with E-state index < -0.39 is 0 Å². The van der Waals surface area contributed by atoms with Gasteiger partial charge in [0.15, 0.2) is 5.96 Å². The first-order chi connectivity index (χ1) is 13.3. The minimum Gasteiger partial charge on any atom is -0.376 e. The average Bonchev–Trinajstić information content (AvgIpc) is 3.08. The SMILES string of the molecule is CCNC(=NCc1ccc(CN2CCCCCC2)cc1)NCC1CCCO1.I. The lowest BCUT2D eigenvalue weighted by atomic mass is 10.1. The lowest BCUT2D eigenvalue weighted by molar-refractivity contribution is 0.114. The van der Waals surface area contributed by atoms with Crippen LogP contribution in [0.5, 0.6) is 0 Å². The van der Waals surface area contributed by atoms with Crippen LogP contribution in [-0.2, 0) is 17.8 Å². The van der Waals surface area contributed by atoms with Gasteiger partial charge in [-0.2, -0.15) is 0 Å². The van der Waals surface area contributed by atoms with Crippen LogP contribution < -0.4 is 10.6 Å². The number of halogens is 1. The minimum absolute atomic E-state index is 0. The van der Waals surface area contributed by atoms with E-state index in [9.17, 15) is 0 Å². The van der Waals surface area contributed by atoms with Gasteiger partial charge >= 0.3 is 0 Å². The van der Waals surface area contributed by atoms with Gasteiger partial charge in [0.2, 0.25) is 0 Å². The van der Waals surface area contributed by atoms with E-state index in [1.54, 1.807) is 0 Å². The maximum Gasteiger partial charge on any atom is 0.191 e. The zero-order valence-electron chi connectivity index (χ0n) is 17.3. The monoisotopic (exact) mass is 500 g/mol. The first kappa shape index (κ1) is 23.4. The molecule has 1 aromatic carbocycles. The summed E-state index contributed by atoms with van der Waals surface area (Å²) < 4.78 is 5.68. The highest BCUT2D eigenvalue weighted by Crippen LogP contribution is 2.14. The van der Waals surface area contributed by atoms with Gasteiger partial charge in [-0.05, 0) is 56.8 Å². The van der Waals surface area contributed by atoms with Gasteiger partial charge in [-0.25, -0.2) is 4.99 Å². The summed E-state index contributed by atoms with van der Waals surface area (Å²) in [6.45, 7) is 8.96. The van der Waals surface area contributed by atoms with Crippen molar-refractivity contribution >= 4 is 29.9 Å². The fraction of sp³-hybridized carbons (Fsp3) is 0.682. The number of ether oxygens (including phenoxy) is 1. The Hall–Kier alpha value is -0.860. The lowest BCUT2D eigenvalue weighted by Gasteiger charge is -2.19. The number of nitrogens with zero attached hydrogens (tertiary/aromatic N) is 2. The Morgan fingerprint density at radius 3 is 2.39 bits per heavy atom. The molecule has 3 rings (SSSR count). The summed E-state index contributed by atoms with van der Waals surface area (Å²) in [5.41, 5.74) is 2.66. The second kappa shape index (κ2) is 13.4. The number of hydrogen-bond acceptors (Lipinski definition) is 3. The van der Waals surface area contributed by atoms with Crippen LogP contribution in [-0.4, -0.2) is 49.7 Å². The predicted octanol–water partition coefficient (Wildman–Crippen LogP) is 3.91. The minimum atomic E-state index is 0. The van der Waals surface area contributed by atoms with E-state index >= 15 is 0 Å². The van der Waals surface area contributed by atoms with Gasteiger partial charge in [-0.1, -0.05) is 37.1 Å². The summed E-state index contributed by atoms with van der Waals surface area (Å²) in [7, 11) is 0. The third kappa shape index (κ3) is 8.25. The summed E-state index contributed by atoms with van der Waals surface area (Å²) in [5, 5.41) is 6.74. The van der Waals surface area contributed by atoms with Crippen LogP contribution in [0.15, 0.2) is 29.3 Å². The van der Waals surface area contributed by atoms with Crippen molar-refractivity contribution in [1.82, 2.24) is 15.5 Å². The quantitative estimate of drug-likeness (QED) is 0.339. The highest BCUT2D eigenvalue weighted by atomic mass is 127. The molecule has 6 heteroatoms. The first-order valence-corrected chi connectivity index (χ1v) is 10.8. The molecule has 0 spiro atoms. The number of likely N-dealkylation sites (tertiary alicyclic amines) is 1. The molecular formula is C22H37IN4O. The van der Waals surface area contributed by atoms with Crippen molar-refractivity contribution in [3.05, 3.63) is 35.4 Å². The van der Waals surface area contributed by atoms with Crippen LogP contribution in [0.4, 0.5) is 0 Å². The molecule has 0 aromatic heterocycles. The van der Waals surface area contributed by atoms with E-state index in [1.165, 1.54) is 56.3 Å². The van der Waals surface area contributed by atoms with E-state index in [-0.39, 0.29) is 24.0 Å². The molecule has 0 saturated carbocycles. The van der Waals surface area contributed by atoms with Crippen LogP contribution in [0, 0.1) is 0 Å². The second-order valence-corrected chi connectivity index (χ2v) is 7.72. The zero-order chi connectivity index (χ0) is 18.7. The third-order valence-corrected chi connectivity index (χ3v) is 5.41. The highest BCUT2D eigenvalue weighted by molar-refractivity contribution is 14.0. The molecule has 2 saturated heterocycles. The first-order valence-electron chi connectivity index (χ1n) is 10.8. The molecule has 5 nitrogen and oxygen atoms in total. The summed E-state index contributed by atoms with van der Waals surface area (Å²) >= 11 is 0. The van der Waals surface area contributed by atoms with Crippen LogP contribution >= 0.6 is 24.0 Å². The molecule has 2 heterocycles. The Morgan fingerprint density at radius 2 is 1.75 bits per heavy atom. The smallest absolute Gasteiger partial charge is 0.191 e. The van der Waals surface area contributed by atoms with Crippen molar-refractivity contribution < 1.29 is 4.74 Å². The molecule has 0 radical (unpaired) electrons. The molecule has 28 heavy (non-hydrogen) atoms. The Balaban J connectivity index is 0.00000280. The topological polar surface area (TPSA) is 48.9 Å². The maximum absolute atomic E-state index is 5.68. The van der Waals surface area contributed by atoms with Crippen molar-refractivity contribution in [1.29, 1.82) is 0 Å². The average molecular weight is 500 g/mol. The standard InChI is InChI=1S/C22H36N4O.HI/c1-2-23-22(25-17-21-8-7-15-27-21)24-16-19-9-11-20(12-10-19)18-26-13-5-3-4-6-14-26;/h9-12,21H,2-8,13-18H2,1H3,(H2,23,24,25);1H. The predicted molar refractivity (Wildman–Crippen MR) is 127 cm³/mol. The van der Waals surface area contributed by atoms with Crippen LogP contribution in [0.1, 0.15) is 56.6 Å². The number of hydrogen-bond donors (Lipinski definition) is 2. The van der Waals surface area contributed by atoms with Crippen molar-refractivity contribution in [3.63, 3.8) is 0 Å². The van der Waals surface area contributed by atoms with Crippen molar-refractivity contribution in [2.75, 3.05) is 32.8 Å². The number of nitrogens with one attached hydrogen (secondary N) is 2. The Kier molecular flexibility index (Phi) is 11.2. The van der Waals surface area contributed by atoms with E-state index in [0.717, 1.165) is 38.6 Å². The number of aliphatic imine (C=N–C) groups is 1. The summed E-state index contributed by atoms with van der Waals surface area (Å²) in [6.07, 6.45) is 8.12. The largest absolute Gasteiger partial charge is 0.376 e. The van der Waals surface area contributed by atoms with Crippen molar-refractivity contribution in [2.24, 2.45) is 4.99 Å². The molecule has 2 aliphatic rings. The normalized spacial score (nSPS) is 21.0. The summed E-state index contributed by atoms with van der Waals surface area (Å²) in [5.74, 6) is 0.877. The van der Waals surface area contributed by atoms with Crippen LogP contribution in [0.2, 0.25) is 0 Å². The molecule has 158 valence electrons. The second-order valence-electron chi connectivity index (χ2n) is 7.72. The van der Waals surface area contributed by atoms with Crippen molar-refractivity contribution in [3.8, 4) is 0 Å². The van der Waals surface area contributed by atoms with E-state index in [4.69, 9.17) is 9.73 Å². The molecule has 1 aromatic rings. The van der Waals surface area contributed by atoms with Crippen LogP contribution in [0.3, 0.4) is 0 Å². The van der Waals surface area contributed by atoms with Gasteiger partial charge in [0.1, 0.15) is 0 Å². The number of benzene rings is 1. The van der Waals surface area contributed by atoms with Crippen LogP contribution in [0.25, 0.3) is 0 Å². The molecule has 0 bridgehead atoms. The fourth-order valence-corrected chi connectivity index (χ4v) is 3.83. The number of guanidine groups is 1. The van der Waals surface area contributed by atoms with Gasteiger partial charge in [0.25, 0.3) is 0 Å². The molecule has 2 aliphatic heterocycles. The Bertz CT molecular complexity index is 564. The Morgan fingerprint density at radius 1 is 1.04 bits per heavy atom. The molecule has 2 fully saturated rings. The van der Waals surface area contributed by atoms with Gasteiger partial charge < -0.3 is 15.4 Å². The Labute approximate surface area is 187 Å². The molecule has 2 N–H and O–H groups in total. The lowest BCUT2D eigenvalue weighted by Crippen LogP contribution is -2.41. The maximum atomic E-state index is 5.68. The van der Waals surface area contributed by atoms with Gasteiger partial charge in [0, 0.05) is 26.2 Å².